The Morgan fingerprint density at radius 2 is 2.07 bits per heavy atom. The molecule has 3 aromatic rings. The molecule has 1 amide bonds. The molecule has 2 aromatic heterocycles. The number of hydrogen-bond donors (Lipinski definition) is 2. The molecule has 0 aliphatic carbocycles. The first-order valence-electron chi connectivity index (χ1n) is 7.99. The summed E-state index contributed by atoms with van der Waals surface area (Å²) in [6.45, 7) is 0.243. The van der Waals surface area contributed by atoms with Gasteiger partial charge in [-0.1, -0.05) is 40.5 Å². The van der Waals surface area contributed by atoms with Gasteiger partial charge < -0.3 is 11.1 Å². The minimum Gasteiger partial charge on any atom is -0.347 e. The van der Waals surface area contributed by atoms with Crippen molar-refractivity contribution in [3.05, 3.63) is 56.1 Å². The zero-order valence-corrected chi connectivity index (χ0v) is 16.6. The van der Waals surface area contributed by atoms with Gasteiger partial charge in [0, 0.05) is 25.2 Å². The number of nitrogens with zero attached hydrogens (tertiary/aromatic N) is 3. The molecule has 10 heteroatoms. The maximum absolute atomic E-state index is 13.0. The van der Waals surface area contributed by atoms with Crippen molar-refractivity contribution in [1.82, 2.24) is 20.3 Å². The van der Waals surface area contributed by atoms with Crippen molar-refractivity contribution < 1.29 is 9.18 Å². The van der Waals surface area contributed by atoms with Gasteiger partial charge in [0.1, 0.15) is 15.8 Å². The molecule has 27 heavy (non-hydrogen) atoms. The standard InChI is InChI=1S/C17H16Cl2FN5OS/c1-25-14(15(18)23-24-25)12-7-13(27-16(12)19)17(26)22-11(8-21)6-9-2-4-10(20)5-3-9/h2-5,7,11H,6,8,21H2,1H3,(H,22,26)/t11-/m0/s1. The van der Waals surface area contributed by atoms with Gasteiger partial charge in [0.15, 0.2) is 5.15 Å². The van der Waals surface area contributed by atoms with E-state index in [1.165, 1.54) is 16.8 Å². The van der Waals surface area contributed by atoms with Crippen LogP contribution in [0.15, 0.2) is 30.3 Å². The number of aromatic nitrogens is 3. The number of aryl methyl sites for hydroxylation is 1. The first-order chi connectivity index (χ1) is 12.9. The number of thiophene rings is 1. The fourth-order valence-electron chi connectivity index (χ4n) is 2.61. The molecule has 142 valence electrons. The molecule has 6 nitrogen and oxygen atoms in total. The van der Waals surface area contributed by atoms with E-state index in [1.807, 2.05) is 0 Å². The van der Waals surface area contributed by atoms with Gasteiger partial charge in [0.2, 0.25) is 0 Å². The van der Waals surface area contributed by atoms with Crippen LogP contribution < -0.4 is 11.1 Å². The van der Waals surface area contributed by atoms with Gasteiger partial charge in [-0.05, 0) is 30.2 Å². The van der Waals surface area contributed by atoms with Gasteiger partial charge in [-0.2, -0.15) is 0 Å². The molecule has 1 aromatic carbocycles. The molecular formula is C17H16Cl2FN5OS. The van der Waals surface area contributed by atoms with Crippen LogP contribution >= 0.6 is 34.5 Å². The van der Waals surface area contributed by atoms with Crippen molar-refractivity contribution in [2.75, 3.05) is 6.54 Å². The van der Waals surface area contributed by atoms with E-state index in [0.717, 1.165) is 16.9 Å². The number of rotatable bonds is 6. The largest absolute Gasteiger partial charge is 0.347 e. The Labute approximate surface area is 169 Å². The molecule has 0 bridgehead atoms. The van der Waals surface area contributed by atoms with Gasteiger partial charge >= 0.3 is 0 Å². The van der Waals surface area contributed by atoms with Crippen LogP contribution in [0.4, 0.5) is 4.39 Å². The van der Waals surface area contributed by atoms with Crippen LogP contribution in [0, 0.1) is 5.82 Å². The van der Waals surface area contributed by atoms with Crippen molar-refractivity contribution in [3.8, 4) is 11.3 Å². The van der Waals surface area contributed by atoms with Crippen LogP contribution in [0.3, 0.4) is 0 Å². The lowest BCUT2D eigenvalue weighted by atomic mass is 10.1. The summed E-state index contributed by atoms with van der Waals surface area (Å²) in [4.78, 5) is 13.0. The van der Waals surface area contributed by atoms with E-state index < -0.39 is 0 Å². The Morgan fingerprint density at radius 3 is 2.67 bits per heavy atom. The second-order valence-corrected chi connectivity index (χ2v) is 7.90. The third-order valence-corrected chi connectivity index (χ3v) is 5.58. The number of carbonyl (C=O) groups excluding carboxylic acids is 1. The lowest BCUT2D eigenvalue weighted by Gasteiger charge is -2.16. The fraction of sp³-hybridized carbons (Fsp3) is 0.235. The van der Waals surface area contributed by atoms with Crippen LogP contribution in [0.25, 0.3) is 11.3 Å². The Morgan fingerprint density at radius 1 is 1.37 bits per heavy atom. The van der Waals surface area contributed by atoms with Gasteiger partial charge in [0.05, 0.1) is 4.88 Å². The number of amides is 1. The Balaban J connectivity index is 1.75. The van der Waals surface area contributed by atoms with Crippen LogP contribution in [0.5, 0.6) is 0 Å². The highest BCUT2D eigenvalue weighted by Crippen LogP contribution is 2.37. The van der Waals surface area contributed by atoms with Crippen molar-refractivity contribution >= 4 is 40.4 Å². The first kappa shape index (κ1) is 19.8. The van der Waals surface area contributed by atoms with E-state index in [0.29, 0.717) is 26.9 Å². The molecule has 0 fully saturated rings. The topological polar surface area (TPSA) is 85.8 Å². The molecular weight excluding hydrogens is 412 g/mol. The molecule has 0 saturated heterocycles. The van der Waals surface area contributed by atoms with E-state index in [4.69, 9.17) is 28.9 Å². The van der Waals surface area contributed by atoms with Crippen LogP contribution in [-0.4, -0.2) is 33.5 Å². The highest BCUT2D eigenvalue weighted by atomic mass is 35.5. The second-order valence-electron chi connectivity index (χ2n) is 5.89. The number of benzene rings is 1. The summed E-state index contributed by atoms with van der Waals surface area (Å²) < 4.78 is 14.9. The van der Waals surface area contributed by atoms with Gasteiger partial charge in [-0.15, -0.1) is 16.4 Å². The number of hydrogen-bond acceptors (Lipinski definition) is 5. The number of halogens is 3. The lowest BCUT2D eigenvalue weighted by Crippen LogP contribution is -2.41. The van der Waals surface area contributed by atoms with Crippen molar-refractivity contribution in [3.63, 3.8) is 0 Å². The SMILES string of the molecule is Cn1nnc(Cl)c1-c1cc(C(=O)N[C@H](CN)Cc2ccc(F)cc2)sc1Cl. The molecule has 0 spiro atoms. The molecule has 2 heterocycles. The number of carbonyl (C=O) groups is 1. The summed E-state index contributed by atoms with van der Waals surface area (Å²) in [5.41, 5.74) is 7.79. The zero-order chi connectivity index (χ0) is 19.6. The molecule has 0 unspecified atom stereocenters. The van der Waals surface area contributed by atoms with Crippen LogP contribution in [0.2, 0.25) is 9.49 Å². The quantitative estimate of drug-likeness (QED) is 0.631. The monoisotopic (exact) mass is 427 g/mol. The normalized spacial score (nSPS) is 12.2. The summed E-state index contributed by atoms with van der Waals surface area (Å²) in [6.07, 6.45) is 0.492. The van der Waals surface area contributed by atoms with Crippen molar-refractivity contribution in [2.45, 2.75) is 12.5 Å². The molecule has 3 N–H and O–H groups in total. The molecule has 0 saturated carbocycles. The average molecular weight is 428 g/mol. The third kappa shape index (κ3) is 4.47. The van der Waals surface area contributed by atoms with Crippen molar-refractivity contribution in [2.24, 2.45) is 12.8 Å². The maximum Gasteiger partial charge on any atom is 0.261 e. The summed E-state index contributed by atoms with van der Waals surface area (Å²) in [6, 6.07) is 7.44. The van der Waals surface area contributed by atoms with E-state index in [1.54, 1.807) is 25.2 Å². The Bertz CT molecular complexity index is 937. The van der Waals surface area contributed by atoms with Gasteiger partial charge in [-0.25, -0.2) is 9.07 Å². The van der Waals surface area contributed by atoms with E-state index in [2.05, 4.69) is 15.6 Å². The molecule has 1 atom stereocenters. The number of nitrogens with two attached hydrogens (primary N) is 1. The minimum atomic E-state index is -0.309. The highest BCUT2D eigenvalue weighted by Gasteiger charge is 2.21. The van der Waals surface area contributed by atoms with E-state index in [-0.39, 0.29) is 29.5 Å². The summed E-state index contributed by atoms with van der Waals surface area (Å²) in [5.74, 6) is -0.604. The van der Waals surface area contributed by atoms with Gasteiger partial charge in [-0.3, -0.25) is 4.79 Å². The predicted octanol–water partition coefficient (Wildman–Crippen LogP) is 3.29. The Hall–Kier alpha value is -2.00. The summed E-state index contributed by atoms with van der Waals surface area (Å²) >= 11 is 13.5. The summed E-state index contributed by atoms with van der Waals surface area (Å²) in [7, 11) is 1.69. The smallest absolute Gasteiger partial charge is 0.261 e. The van der Waals surface area contributed by atoms with Crippen LogP contribution in [-0.2, 0) is 13.5 Å². The highest BCUT2D eigenvalue weighted by molar-refractivity contribution is 7.18. The number of nitrogens with one attached hydrogen (secondary N) is 1. The lowest BCUT2D eigenvalue weighted by molar-refractivity contribution is 0.0942. The van der Waals surface area contributed by atoms with Gasteiger partial charge in [0.25, 0.3) is 5.91 Å². The third-order valence-electron chi connectivity index (χ3n) is 3.97. The average Bonchev–Trinajstić information content (AvgIpc) is 3.18. The first-order valence-corrected chi connectivity index (χ1v) is 9.56. The molecule has 0 aliphatic heterocycles. The van der Waals surface area contributed by atoms with Crippen molar-refractivity contribution in [1.29, 1.82) is 0 Å². The zero-order valence-electron chi connectivity index (χ0n) is 14.2. The van der Waals surface area contributed by atoms with Crippen LogP contribution in [0.1, 0.15) is 15.2 Å². The molecule has 3 rings (SSSR count). The van der Waals surface area contributed by atoms with E-state index >= 15 is 0 Å². The van der Waals surface area contributed by atoms with E-state index in [9.17, 15) is 9.18 Å². The minimum absolute atomic E-state index is 0.209. The summed E-state index contributed by atoms with van der Waals surface area (Å²) in [5, 5.41) is 10.7. The maximum atomic E-state index is 13.0. The predicted molar refractivity (Wildman–Crippen MR) is 105 cm³/mol. The Kier molecular flexibility index (Phi) is 6.11. The fourth-order valence-corrected chi connectivity index (χ4v) is 4.05. The molecule has 0 radical (unpaired) electrons. The second kappa shape index (κ2) is 8.35. The molecule has 0 aliphatic rings.